The fourth-order valence-electron chi connectivity index (χ4n) is 1.41. The van der Waals surface area contributed by atoms with Crippen LogP contribution in [0, 0.1) is 12.7 Å². The highest BCUT2D eigenvalue weighted by Gasteiger charge is 2.11. The van der Waals surface area contributed by atoms with Crippen LogP contribution in [0.3, 0.4) is 0 Å². The van der Waals surface area contributed by atoms with Gasteiger partial charge in [0.05, 0.1) is 20.1 Å². The Labute approximate surface area is 94.2 Å². The molecule has 0 amide bonds. The molecule has 0 saturated heterocycles. The quantitative estimate of drug-likeness (QED) is 0.739. The van der Waals surface area contributed by atoms with Crippen molar-refractivity contribution in [3.05, 3.63) is 29.1 Å². The van der Waals surface area contributed by atoms with Gasteiger partial charge >= 0.3 is 5.97 Å². The summed E-state index contributed by atoms with van der Waals surface area (Å²) < 4.78 is 23.0. The molecule has 4 heteroatoms. The minimum atomic E-state index is -0.465. The SMILES string of the molecule is CCOC(=O)Cc1cc(F)c(OC)cc1C. The van der Waals surface area contributed by atoms with Gasteiger partial charge in [0.1, 0.15) is 0 Å². The van der Waals surface area contributed by atoms with Crippen molar-refractivity contribution in [1.82, 2.24) is 0 Å². The van der Waals surface area contributed by atoms with Crippen molar-refractivity contribution in [2.75, 3.05) is 13.7 Å². The van der Waals surface area contributed by atoms with Crippen LogP contribution >= 0.6 is 0 Å². The minimum Gasteiger partial charge on any atom is -0.494 e. The van der Waals surface area contributed by atoms with Gasteiger partial charge < -0.3 is 9.47 Å². The van der Waals surface area contributed by atoms with Crippen LogP contribution < -0.4 is 4.74 Å². The molecular weight excluding hydrogens is 211 g/mol. The molecule has 1 aromatic carbocycles. The lowest BCUT2D eigenvalue weighted by Gasteiger charge is -2.08. The molecule has 0 atom stereocenters. The van der Waals surface area contributed by atoms with Crippen molar-refractivity contribution in [3.63, 3.8) is 0 Å². The number of benzene rings is 1. The number of hydrogen-bond donors (Lipinski definition) is 0. The Hall–Kier alpha value is -1.58. The van der Waals surface area contributed by atoms with Crippen LogP contribution in [0.1, 0.15) is 18.1 Å². The Morgan fingerprint density at radius 3 is 2.69 bits per heavy atom. The van der Waals surface area contributed by atoms with Crippen molar-refractivity contribution in [3.8, 4) is 5.75 Å². The van der Waals surface area contributed by atoms with E-state index in [1.165, 1.54) is 13.2 Å². The Bertz CT molecular complexity index is 388. The monoisotopic (exact) mass is 226 g/mol. The van der Waals surface area contributed by atoms with Crippen molar-refractivity contribution >= 4 is 5.97 Å². The molecule has 0 radical (unpaired) electrons. The summed E-state index contributed by atoms with van der Waals surface area (Å²) in [5.41, 5.74) is 1.43. The van der Waals surface area contributed by atoms with E-state index in [4.69, 9.17) is 9.47 Å². The lowest BCUT2D eigenvalue weighted by Crippen LogP contribution is -2.09. The molecule has 88 valence electrons. The smallest absolute Gasteiger partial charge is 0.310 e. The fraction of sp³-hybridized carbons (Fsp3) is 0.417. The van der Waals surface area contributed by atoms with Gasteiger partial charge in [0.15, 0.2) is 11.6 Å². The van der Waals surface area contributed by atoms with Crippen molar-refractivity contribution in [1.29, 1.82) is 0 Å². The molecule has 0 heterocycles. The zero-order chi connectivity index (χ0) is 12.1. The first-order valence-electron chi connectivity index (χ1n) is 5.07. The molecule has 0 saturated carbocycles. The van der Waals surface area contributed by atoms with Gasteiger partial charge in [-0.15, -0.1) is 0 Å². The number of methoxy groups -OCH3 is 1. The van der Waals surface area contributed by atoms with E-state index in [0.717, 1.165) is 5.56 Å². The summed E-state index contributed by atoms with van der Waals surface area (Å²) in [6.07, 6.45) is 0.0839. The van der Waals surface area contributed by atoms with Gasteiger partial charge in [-0.1, -0.05) is 0 Å². The van der Waals surface area contributed by atoms with E-state index < -0.39 is 5.82 Å². The van der Waals surface area contributed by atoms with E-state index in [1.807, 2.05) is 0 Å². The van der Waals surface area contributed by atoms with E-state index in [-0.39, 0.29) is 18.1 Å². The number of hydrogen-bond acceptors (Lipinski definition) is 3. The highest BCUT2D eigenvalue weighted by Crippen LogP contribution is 2.22. The number of carbonyl (C=O) groups excluding carboxylic acids is 1. The second-order valence-electron chi connectivity index (χ2n) is 3.40. The Balaban J connectivity index is 2.89. The highest BCUT2D eigenvalue weighted by molar-refractivity contribution is 5.73. The summed E-state index contributed by atoms with van der Waals surface area (Å²) in [4.78, 5) is 11.3. The molecule has 16 heavy (non-hydrogen) atoms. The maximum absolute atomic E-state index is 13.4. The largest absolute Gasteiger partial charge is 0.494 e. The second kappa shape index (κ2) is 5.49. The molecular formula is C12H15FO3. The number of esters is 1. The molecule has 1 rings (SSSR count). The topological polar surface area (TPSA) is 35.5 Å². The van der Waals surface area contributed by atoms with Crippen LogP contribution in [-0.4, -0.2) is 19.7 Å². The van der Waals surface area contributed by atoms with Gasteiger partial charge in [-0.2, -0.15) is 0 Å². The molecule has 0 fully saturated rings. The Kier molecular flexibility index (Phi) is 4.28. The number of carbonyl (C=O) groups is 1. The molecule has 0 N–H and O–H groups in total. The van der Waals surface area contributed by atoms with Crippen LogP contribution in [0.15, 0.2) is 12.1 Å². The number of aryl methyl sites for hydroxylation is 1. The molecule has 1 aromatic rings. The Morgan fingerprint density at radius 1 is 1.44 bits per heavy atom. The van der Waals surface area contributed by atoms with Gasteiger partial charge in [-0.3, -0.25) is 4.79 Å². The maximum atomic E-state index is 13.4. The molecule has 0 unspecified atom stereocenters. The van der Waals surface area contributed by atoms with E-state index >= 15 is 0 Å². The summed E-state index contributed by atoms with van der Waals surface area (Å²) >= 11 is 0. The summed E-state index contributed by atoms with van der Waals surface area (Å²) in [7, 11) is 1.41. The predicted octanol–water partition coefficient (Wildman–Crippen LogP) is 2.25. The van der Waals surface area contributed by atoms with Crippen LogP contribution in [0.4, 0.5) is 4.39 Å². The van der Waals surface area contributed by atoms with E-state index in [0.29, 0.717) is 12.2 Å². The lowest BCUT2D eigenvalue weighted by molar-refractivity contribution is -0.142. The minimum absolute atomic E-state index is 0.0839. The zero-order valence-corrected chi connectivity index (χ0v) is 9.67. The standard InChI is InChI=1S/C12H15FO3/c1-4-16-12(14)7-9-6-10(13)11(15-3)5-8(9)2/h5-6H,4,7H2,1-3H3. The normalized spacial score (nSPS) is 10.0. The van der Waals surface area contributed by atoms with Crippen LogP contribution in [0.25, 0.3) is 0 Å². The molecule has 0 spiro atoms. The molecule has 0 aliphatic carbocycles. The molecule has 0 aliphatic rings. The average Bonchev–Trinajstić information content (AvgIpc) is 2.23. The molecule has 3 nitrogen and oxygen atoms in total. The van der Waals surface area contributed by atoms with Crippen LogP contribution in [0.2, 0.25) is 0 Å². The summed E-state index contributed by atoms with van der Waals surface area (Å²) in [5, 5.41) is 0. The number of rotatable bonds is 4. The first kappa shape index (κ1) is 12.5. The van der Waals surface area contributed by atoms with Crippen molar-refractivity contribution in [2.45, 2.75) is 20.3 Å². The van der Waals surface area contributed by atoms with Gasteiger partial charge in [0.2, 0.25) is 0 Å². The second-order valence-corrected chi connectivity index (χ2v) is 3.40. The number of halogens is 1. The summed E-state index contributed by atoms with van der Waals surface area (Å²) in [6, 6.07) is 2.88. The maximum Gasteiger partial charge on any atom is 0.310 e. The first-order chi connectivity index (χ1) is 7.58. The van der Waals surface area contributed by atoms with E-state index in [1.54, 1.807) is 19.9 Å². The summed E-state index contributed by atoms with van der Waals surface area (Å²) in [6.45, 7) is 3.87. The van der Waals surface area contributed by atoms with E-state index in [2.05, 4.69) is 0 Å². The van der Waals surface area contributed by atoms with Crippen LogP contribution in [0.5, 0.6) is 5.75 Å². The molecule has 0 bridgehead atoms. The number of ether oxygens (including phenoxy) is 2. The lowest BCUT2D eigenvalue weighted by atomic mass is 10.1. The third-order valence-corrected chi connectivity index (χ3v) is 2.25. The predicted molar refractivity (Wildman–Crippen MR) is 58.0 cm³/mol. The summed E-state index contributed by atoms with van der Waals surface area (Å²) in [5.74, 6) is -0.632. The van der Waals surface area contributed by atoms with Gasteiger partial charge in [0.25, 0.3) is 0 Å². The average molecular weight is 226 g/mol. The van der Waals surface area contributed by atoms with Gasteiger partial charge in [-0.25, -0.2) is 4.39 Å². The van der Waals surface area contributed by atoms with Gasteiger partial charge in [-0.05, 0) is 37.1 Å². The first-order valence-corrected chi connectivity index (χ1v) is 5.07. The van der Waals surface area contributed by atoms with Gasteiger partial charge in [0, 0.05) is 0 Å². The van der Waals surface area contributed by atoms with Crippen molar-refractivity contribution < 1.29 is 18.7 Å². The molecule has 0 aliphatic heterocycles. The highest BCUT2D eigenvalue weighted by atomic mass is 19.1. The van der Waals surface area contributed by atoms with Crippen molar-refractivity contribution in [2.24, 2.45) is 0 Å². The Morgan fingerprint density at radius 2 is 2.12 bits per heavy atom. The zero-order valence-electron chi connectivity index (χ0n) is 9.67. The third-order valence-electron chi connectivity index (χ3n) is 2.25. The van der Waals surface area contributed by atoms with E-state index in [9.17, 15) is 9.18 Å². The third kappa shape index (κ3) is 2.95. The van der Waals surface area contributed by atoms with Crippen LogP contribution in [-0.2, 0) is 16.0 Å². The molecule has 0 aromatic heterocycles. The fourth-order valence-corrected chi connectivity index (χ4v) is 1.41.